The van der Waals surface area contributed by atoms with E-state index in [1.165, 1.54) is 0 Å². The number of nitro benzene ring substituents is 1. The molecule has 0 bridgehead atoms. The normalized spacial score (nSPS) is 9.95. The van der Waals surface area contributed by atoms with Gasteiger partial charge in [-0.2, -0.15) is 14.8 Å². The second-order valence-corrected chi connectivity index (χ2v) is 3.77. The maximum Gasteiger partial charge on any atom is 0.307 e. The third kappa shape index (κ3) is 2.66. The molecule has 2 rings (SSSR count). The molecule has 8 nitrogen and oxygen atoms in total. The van der Waals surface area contributed by atoms with Crippen molar-refractivity contribution in [1.82, 2.24) is 10.2 Å². The van der Waals surface area contributed by atoms with Crippen molar-refractivity contribution in [1.29, 1.82) is 5.26 Å². The standard InChI is InChI=1S/C11H5F2N5O3/c12-7-2-9(18(20)21)8(13)1-6(7)11(19)16-10-5(3-14)4-15-17-10/h1-2,4H,(H2,15,16,17,19). The van der Waals surface area contributed by atoms with Gasteiger partial charge >= 0.3 is 5.69 Å². The number of nitro groups is 1. The van der Waals surface area contributed by atoms with Crippen LogP contribution in [0.5, 0.6) is 0 Å². The maximum absolute atomic E-state index is 13.6. The van der Waals surface area contributed by atoms with Gasteiger partial charge in [0, 0.05) is 0 Å². The minimum absolute atomic E-state index is 0.00820. The number of rotatable bonds is 3. The maximum atomic E-state index is 13.6. The molecule has 2 N–H and O–H groups in total. The smallest absolute Gasteiger partial charge is 0.306 e. The van der Waals surface area contributed by atoms with Crippen molar-refractivity contribution in [3.63, 3.8) is 0 Å². The number of H-pyrrole nitrogens is 1. The Morgan fingerprint density at radius 2 is 2.14 bits per heavy atom. The molecule has 106 valence electrons. The topological polar surface area (TPSA) is 125 Å². The molecule has 0 aliphatic carbocycles. The fourth-order valence-electron chi connectivity index (χ4n) is 1.50. The van der Waals surface area contributed by atoms with Crippen molar-refractivity contribution >= 4 is 17.4 Å². The van der Waals surface area contributed by atoms with E-state index in [-0.39, 0.29) is 11.4 Å². The van der Waals surface area contributed by atoms with Crippen LogP contribution >= 0.6 is 0 Å². The number of nitrogens with one attached hydrogen (secondary N) is 2. The summed E-state index contributed by atoms with van der Waals surface area (Å²) in [5, 5.41) is 27.1. The van der Waals surface area contributed by atoms with Gasteiger partial charge in [0.15, 0.2) is 0 Å². The number of halogens is 2. The predicted octanol–water partition coefficient (Wildman–Crippen LogP) is 1.72. The molecule has 0 aliphatic heterocycles. The van der Waals surface area contributed by atoms with Gasteiger partial charge in [-0.05, 0) is 6.07 Å². The number of hydrogen-bond donors (Lipinski definition) is 2. The quantitative estimate of drug-likeness (QED) is 0.658. The summed E-state index contributed by atoms with van der Waals surface area (Å²) in [6, 6.07) is 2.43. The molecule has 0 fully saturated rings. The van der Waals surface area contributed by atoms with Gasteiger partial charge in [0.2, 0.25) is 5.82 Å². The largest absolute Gasteiger partial charge is 0.307 e. The molecule has 0 atom stereocenters. The molecule has 0 saturated heterocycles. The van der Waals surface area contributed by atoms with Crippen molar-refractivity contribution in [3.05, 3.63) is 51.2 Å². The highest BCUT2D eigenvalue weighted by Crippen LogP contribution is 2.22. The van der Waals surface area contributed by atoms with Crippen LogP contribution in [0.1, 0.15) is 15.9 Å². The van der Waals surface area contributed by atoms with Crippen molar-refractivity contribution in [2.75, 3.05) is 5.32 Å². The van der Waals surface area contributed by atoms with Crippen molar-refractivity contribution in [3.8, 4) is 6.07 Å². The summed E-state index contributed by atoms with van der Waals surface area (Å²) in [5.41, 5.74) is -1.83. The van der Waals surface area contributed by atoms with Gasteiger partial charge in [-0.1, -0.05) is 0 Å². The Kier molecular flexibility index (Phi) is 3.57. The first-order valence-corrected chi connectivity index (χ1v) is 5.32. The lowest BCUT2D eigenvalue weighted by atomic mass is 10.1. The van der Waals surface area contributed by atoms with E-state index in [0.29, 0.717) is 12.1 Å². The van der Waals surface area contributed by atoms with Crippen LogP contribution in [0, 0.1) is 33.1 Å². The fourth-order valence-corrected chi connectivity index (χ4v) is 1.50. The van der Waals surface area contributed by atoms with Crippen molar-refractivity contribution in [2.45, 2.75) is 0 Å². The SMILES string of the molecule is N#Cc1cn[nH]c1NC(=O)c1cc(F)c([N+](=O)[O-])cc1F. The van der Waals surface area contributed by atoms with E-state index in [4.69, 9.17) is 5.26 Å². The summed E-state index contributed by atoms with van der Waals surface area (Å²) < 4.78 is 27.0. The van der Waals surface area contributed by atoms with Gasteiger partial charge < -0.3 is 5.32 Å². The molecule has 21 heavy (non-hydrogen) atoms. The van der Waals surface area contributed by atoms with Crippen LogP contribution in [0.3, 0.4) is 0 Å². The zero-order valence-electron chi connectivity index (χ0n) is 10.1. The lowest BCUT2D eigenvalue weighted by Crippen LogP contribution is -2.15. The van der Waals surface area contributed by atoms with Gasteiger partial charge in [-0.3, -0.25) is 20.0 Å². The summed E-state index contributed by atoms with van der Waals surface area (Å²) in [6.45, 7) is 0. The number of amides is 1. The van der Waals surface area contributed by atoms with E-state index in [1.807, 2.05) is 0 Å². The van der Waals surface area contributed by atoms with Crippen molar-refractivity contribution in [2.24, 2.45) is 0 Å². The van der Waals surface area contributed by atoms with Crippen LogP contribution in [0.25, 0.3) is 0 Å². The van der Waals surface area contributed by atoms with E-state index in [1.54, 1.807) is 6.07 Å². The summed E-state index contributed by atoms with van der Waals surface area (Å²) in [7, 11) is 0. The fraction of sp³-hybridized carbons (Fsp3) is 0. The number of carbonyl (C=O) groups excluding carboxylic acids is 1. The van der Waals surface area contributed by atoms with Crippen LogP contribution < -0.4 is 5.32 Å². The number of aromatic amines is 1. The molecule has 0 radical (unpaired) electrons. The molecular weight excluding hydrogens is 288 g/mol. The van der Waals surface area contributed by atoms with Crippen LogP contribution in [0.4, 0.5) is 20.3 Å². The number of aromatic nitrogens is 2. The van der Waals surface area contributed by atoms with Gasteiger partial charge in [-0.25, -0.2) is 4.39 Å². The Hall–Kier alpha value is -3.35. The summed E-state index contributed by atoms with van der Waals surface area (Å²) >= 11 is 0. The number of anilines is 1. The molecule has 1 aromatic carbocycles. The average molecular weight is 293 g/mol. The summed E-state index contributed by atoms with van der Waals surface area (Å²) in [4.78, 5) is 21.1. The number of carbonyl (C=O) groups is 1. The van der Waals surface area contributed by atoms with Gasteiger partial charge in [0.1, 0.15) is 23.3 Å². The number of nitrogens with zero attached hydrogens (tertiary/aromatic N) is 3. The zero-order chi connectivity index (χ0) is 15.6. The first-order valence-electron chi connectivity index (χ1n) is 5.32. The Morgan fingerprint density at radius 1 is 1.43 bits per heavy atom. The highest BCUT2D eigenvalue weighted by Gasteiger charge is 2.22. The lowest BCUT2D eigenvalue weighted by Gasteiger charge is -2.05. The molecule has 0 aliphatic rings. The van der Waals surface area contributed by atoms with E-state index in [0.717, 1.165) is 6.20 Å². The van der Waals surface area contributed by atoms with Crippen LogP contribution in [-0.4, -0.2) is 21.0 Å². The third-order valence-corrected chi connectivity index (χ3v) is 2.48. The van der Waals surface area contributed by atoms with Crippen LogP contribution in [-0.2, 0) is 0 Å². The second kappa shape index (κ2) is 5.33. The Labute approximate surface area is 115 Å². The molecule has 1 heterocycles. The Bertz CT molecular complexity index is 781. The third-order valence-electron chi connectivity index (χ3n) is 2.48. The number of benzene rings is 1. The monoisotopic (exact) mass is 293 g/mol. The molecule has 10 heteroatoms. The van der Waals surface area contributed by atoms with Crippen molar-refractivity contribution < 1.29 is 18.5 Å². The predicted molar refractivity (Wildman–Crippen MR) is 64.3 cm³/mol. The average Bonchev–Trinajstić information content (AvgIpc) is 2.87. The molecule has 0 saturated carbocycles. The summed E-state index contributed by atoms with van der Waals surface area (Å²) in [6.07, 6.45) is 1.13. The first kappa shape index (κ1) is 14.1. The molecular formula is C11H5F2N5O3. The molecule has 1 aromatic heterocycles. The lowest BCUT2D eigenvalue weighted by molar-refractivity contribution is -0.387. The minimum atomic E-state index is -1.35. The molecule has 1 amide bonds. The highest BCUT2D eigenvalue weighted by molar-refractivity contribution is 6.04. The van der Waals surface area contributed by atoms with Crippen LogP contribution in [0.2, 0.25) is 0 Å². The zero-order valence-corrected chi connectivity index (χ0v) is 10.1. The van der Waals surface area contributed by atoms with Gasteiger partial charge in [-0.15, -0.1) is 0 Å². The van der Waals surface area contributed by atoms with Gasteiger partial charge in [0.05, 0.1) is 22.7 Å². The molecule has 0 spiro atoms. The van der Waals surface area contributed by atoms with Crippen LogP contribution in [0.15, 0.2) is 18.3 Å². The Balaban J connectivity index is 2.34. The second-order valence-electron chi connectivity index (χ2n) is 3.77. The highest BCUT2D eigenvalue weighted by atomic mass is 19.1. The number of hydrogen-bond acceptors (Lipinski definition) is 5. The van der Waals surface area contributed by atoms with E-state index in [2.05, 4.69) is 15.5 Å². The Morgan fingerprint density at radius 3 is 2.76 bits per heavy atom. The van der Waals surface area contributed by atoms with Gasteiger partial charge in [0.25, 0.3) is 5.91 Å². The van der Waals surface area contributed by atoms with E-state index >= 15 is 0 Å². The van der Waals surface area contributed by atoms with E-state index < -0.39 is 33.7 Å². The molecule has 0 unspecified atom stereocenters. The number of nitriles is 1. The molecule has 2 aromatic rings. The first-order chi connectivity index (χ1) is 9.93. The minimum Gasteiger partial charge on any atom is -0.306 e. The summed E-state index contributed by atoms with van der Waals surface area (Å²) in [5.74, 6) is -3.79. The van der Waals surface area contributed by atoms with E-state index in [9.17, 15) is 23.7 Å².